The van der Waals surface area contributed by atoms with Gasteiger partial charge in [0.25, 0.3) is 5.56 Å². The monoisotopic (exact) mass is 473 g/mol. The molecule has 0 N–H and O–H groups in total. The number of carbonyl (C=O) groups excluding carboxylic acids is 1. The van der Waals surface area contributed by atoms with E-state index >= 15 is 0 Å². The van der Waals surface area contributed by atoms with Crippen LogP contribution < -0.4 is 24.4 Å². The van der Waals surface area contributed by atoms with Gasteiger partial charge in [-0.3, -0.25) is 9.36 Å². The van der Waals surface area contributed by atoms with Crippen LogP contribution >= 0.6 is 11.3 Å². The molecule has 0 spiro atoms. The van der Waals surface area contributed by atoms with E-state index in [1.807, 2.05) is 6.07 Å². The van der Waals surface area contributed by atoms with E-state index < -0.39 is 12.0 Å². The van der Waals surface area contributed by atoms with Crippen LogP contribution in [0.1, 0.15) is 36.6 Å². The van der Waals surface area contributed by atoms with Crippen molar-refractivity contribution in [1.82, 2.24) is 4.57 Å². The maximum absolute atomic E-state index is 13.6. The number of allylic oxidation sites excluding steroid dienone is 1. The maximum atomic E-state index is 13.6. The molecule has 8 nitrogen and oxygen atoms in total. The van der Waals surface area contributed by atoms with Crippen molar-refractivity contribution >= 4 is 23.4 Å². The zero-order valence-electron chi connectivity index (χ0n) is 18.4. The molecule has 1 unspecified atom stereocenters. The van der Waals surface area contributed by atoms with Gasteiger partial charge in [0.05, 0.1) is 40.1 Å². The van der Waals surface area contributed by atoms with Crippen molar-refractivity contribution in [2.75, 3.05) is 13.4 Å². The predicted molar refractivity (Wildman–Crippen MR) is 124 cm³/mol. The average molecular weight is 474 g/mol. The van der Waals surface area contributed by atoms with Crippen LogP contribution in [-0.2, 0) is 9.53 Å². The Bertz CT molecular complexity index is 1560. The molecule has 0 aliphatic carbocycles. The van der Waals surface area contributed by atoms with Crippen molar-refractivity contribution < 1.29 is 19.0 Å². The summed E-state index contributed by atoms with van der Waals surface area (Å²) in [5.74, 6) is 0.637. The molecule has 0 fully saturated rings. The molecule has 0 saturated carbocycles. The summed E-state index contributed by atoms with van der Waals surface area (Å²) in [4.78, 5) is 31.6. The van der Waals surface area contributed by atoms with E-state index in [2.05, 4.69) is 11.1 Å². The third-order valence-corrected chi connectivity index (χ3v) is 6.55. The van der Waals surface area contributed by atoms with E-state index in [-0.39, 0.29) is 19.0 Å². The minimum absolute atomic E-state index is 0.117. The van der Waals surface area contributed by atoms with Gasteiger partial charge in [-0.05, 0) is 55.3 Å². The molecule has 0 saturated heterocycles. The van der Waals surface area contributed by atoms with Gasteiger partial charge in [0.1, 0.15) is 0 Å². The Morgan fingerprint density at radius 2 is 2.03 bits per heavy atom. The third-order valence-electron chi connectivity index (χ3n) is 5.57. The lowest BCUT2D eigenvalue weighted by Gasteiger charge is -2.24. The van der Waals surface area contributed by atoms with Gasteiger partial charge in [-0.1, -0.05) is 29.5 Å². The second kappa shape index (κ2) is 8.65. The number of benzene rings is 2. The van der Waals surface area contributed by atoms with Crippen LogP contribution in [0, 0.1) is 11.3 Å². The van der Waals surface area contributed by atoms with Gasteiger partial charge in [-0.15, -0.1) is 0 Å². The van der Waals surface area contributed by atoms with Gasteiger partial charge in [-0.25, -0.2) is 9.79 Å². The highest BCUT2D eigenvalue weighted by atomic mass is 32.1. The lowest BCUT2D eigenvalue weighted by Crippen LogP contribution is -2.39. The molecule has 34 heavy (non-hydrogen) atoms. The first-order valence-electron chi connectivity index (χ1n) is 10.6. The van der Waals surface area contributed by atoms with Crippen LogP contribution in [0.2, 0.25) is 0 Å². The van der Waals surface area contributed by atoms with E-state index in [1.165, 1.54) is 15.9 Å². The molecule has 2 aromatic carbocycles. The molecule has 2 aliphatic heterocycles. The Labute approximate surface area is 198 Å². The summed E-state index contributed by atoms with van der Waals surface area (Å²) < 4.78 is 18.3. The van der Waals surface area contributed by atoms with E-state index in [9.17, 15) is 9.59 Å². The van der Waals surface area contributed by atoms with Crippen molar-refractivity contribution in [2.24, 2.45) is 4.99 Å². The average Bonchev–Trinajstić information content (AvgIpc) is 3.42. The topological polar surface area (TPSA) is 103 Å². The molecular weight excluding hydrogens is 454 g/mol. The summed E-state index contributed by atoms with van der Waals surface area (Å²) in [5.41, 5.74) is 2.53. The lowest BCUT2D eigenvalue weighted by molar-refractivity contribution is -0.139. The first-order valence-corrected chi connectivity index (χ1v) is 11.4. The third kappa shape index (κ3) is 3.68. The van der Waals surface area contributed by atoms with Crippen molar-refractivity contribution in [1.29, 1.82) is 5.26 Å². The summed E-state index contributed by atoms with van der Waals surface area (Å²) in [6, 6.07) is 13.7. The molecule has 0 radical (unpaired) electrons. The van der Waals surface area contributed by atoms with Crippen LogP contribution in [0.4, 0.5) is 0 Å². The minimum Gasteiger partial charge on any atom is -0.463 e. The Hall–Kier alpha value is -4.16. The number of fused-ring (bicyclic) bond motifs is 2. The van der Waals surface area contributed by atoms with Crippen molar-refractivity contribution in [3.8, 4) is 17.6 Å². The summed E-state index contributed by atoms with van der Waals surface area (Å²) in [6.45, 7) is 3.79. The quantitative estimate of drug-likeness (QED) is 0.539. The first kappa shape index (κ1) is 21.7. The zero-order chi connectivity index (χ0) is 23.8. The second-order valence-electron chi connectivity index (χ2n) is 7.65. The lowest BCUT2D eigenvalue weighted by atomic mass is 9.95. The molecule has 2 aliphatic rings. The number of rotatable bonds is 4. The Morgan fingerprint density at radius 1 is 1.26 bits per heavy atom. The Kier molecular flexibility index (Phi) is 5.51. The number of nitrogens with zero attached hydrogens (tertiary/aromatic N) is 3. The standard InChI is InChI=1S/C25H19N3O5S/c1-3-31-24(30)21-14(2)27-25-28(22(21)17-8-9-18-19(11-17)33-13-32-18)23(29)20(34-25)10-15-4-6-16(12-26)7-5-15/h4-11,22H,3,13H2,1-2H3. The highest BCUT2D eigenvalue weighted by Gasteiger charge is 2.34. The van der Waals surface area contributed by atoms with Crippen molar-refractivity contribution in [3.05, 3.63) is 90.1 Å². The summed E-state index contributed by atoms with van der Waals surface area (Å²) in [6.07, 6.45) is 1.76. The fraction of sp³-hybridized carbons (Fsp3) is 0.200. The normalized spacial score (nSPS) is 16.6. The van der Waals surface area contributed by atoms with Gasteiger partial charge in [-0.2, -0.15) is 5.26 Å². The Morgan fingerprint density at radius 3 is 2.76 bits per heavy atom. The maximum Gasteiger partial charge on any atom is 0.338 e. The summed E-state index contributed by atoms with van der Waals surface area (Å²) in [7, 11) is 0. The highest BCUT2D eigenvalue weighted by Crippen LogP contribution is 2.38. The molecule has 1 aromatic heterocycles. The number of hydrogen-bond donors (Lipinski definition) is 0. The molecule has 1 atom stereocenters. The number of aromatic nitrogens is 1. The van der Waals surface area contributed by atoms with Gasteiger partial charge >= 0.3 is 5.97 Å². The van der Waals surface area contributed by atoms with Gasteiger partial charge < -0.3 is 14.2 Å². The van der Waals surface area contributed by atoms with E-state index in [4.69, 9.17) is 19.5 Å². The molecule has 0 amide bonds. The molecule has 3 heterocycles. The number of hydrogen-bond acceptors (Lipinski definition) is 8. The minimum atomic E-state index is -0.729. The molecular formula is C25H19N3O5S. The van der Waals surface area contributed by atoms with Crippen LogP contribution in [0.15, 0.2) is 63.5 Å². The molecule has 3 aromatic rings. The number of carbonyl (C=O) groups is 1. The van der Waals surface area contributed by atoms with E-state index in [0.717, 1.165) is 5.56 Å². The van der Waals surface area contributed by atoms with Crippen LogP contribution in [0.3, 0.4) is 0 Å². The van der Waals surface area contributed by atoms with Crippen molar-refractivity contribution in [3.63, 3.8) is 0 Å². The van der Waals surface area contributed by atoms with Gasteiger partial charge in [0.15, 0.2) is 16.3 Å². The molecule has 9 heteroatoms. The molecule has 5 rings (SSSR count). The smallest absolute Gasteiger partial charge is 0.338 e. The van der Waals surface area contributed by atoms with E-state index in [0.29, 0.717) is 43.2 Å². The predicted octanol–water partition coefficient (Wildman–Crippen LogP) is 2.40. The van der Waals surface area contributed by atoms with Crippen LogP contribution in [-0.4, -0.2) is 23.9 Å². The largest absolute Gasteiger partial charge is 0.463 e. The first-order chi connectivity index (χ1) is 16.5. The second-order valence-corrected chi connectivity index (χ2v) is 8.66. The van der Waals surface area contributed by atoms with Crippen LogP contribution in [0.25, 0.3) is 6.08 Å². The summed E-state index contributed by atoms with van der Waals surface area (Å²) >= 11 is 1.24. The van der Waals surface area contributed by atoms with Gasteiger partial charge in [0, 0.05) is 0 Å². The zero-order valence-corrected chi connectivity index (χ0v) is 19.2. The number of thiazole rings is 1. The number of ether oxygens (including phenoxy) is 3. The fourth-order valence-electron chi connectivity index (χ4n) is 4.00. The SMILES string of the molecule is CCOC(=O)C1=C(C)N=c2sc(=Cc3ccc(C#N)cc3)c(=O)n2C1c1ccc2c(c1)OCO2. The fourth-order valence-corrected chi connectivity index (χ4v) is 5.04. The molecule has 170 valence electrons. The van der Waals surface area contributed by atoms with Crippen LogP contribution in [0.5, 0.6) is 11.5 Å². The molecule has 0 bridgehead atoms. The number of esters is 1. The Balaban J connectivity index is 1.70. The van der Waals surface area contributed by atoms with E-state index in [1.54, 1.807) is 56.3 Å². The number of nitriles is 1. The van der Waals surface area contributed by atoms with Crippen molar-refractivity contribution in [2.45, 2.75) is 19.9 Å². The van der Waals surface area contributed by atoms with Gasteiger partial charge in [0.2, 0.25) is 6.79 Å². The summed E-state index contributed by atoms with van der Waals surface area (Å²) in [5, 5.41) is 9.02. The highest BCUT2D eigenvalue weighted by molar-refractivity contribution is 7.07.